The Morgan fingerprint density at radius 1 is 1.06 bits per heavy atom. The van der Waals surface area contributed by atoms with E-state index in [9.17, 15) is 27.9 Å². The molecule has 0 radical (unpaired) electrons. The number of nitrogens with one attached hydrogen (secondary N) is 1. The number of hydrogen-bond donors (Lipinski definition) is 2. The molecule has 3 atom stereocenters. The van der Waals surface area contributed by atoms with E-state index >= 15 is 0 Å². The summed E-state index contributed by atoms with van der Waals surface area (Å²) in [5.74, 6) is -2.31. The standard InChI is InChI=1S/C25H29N3O6S/c1-2-14-35(33,34)27-15-18-10-4-6-13-21(24(30)28(18)22(16-27)25(31)32)26-23(29)20-12-7-9-17-8-3-5-11-19(17)20/h3-9,11-12,18,21-22H,2,10,13-16H2,1H3,(H,26,29)(H,31,32)/b6-4-/t18-,21-,22-/m0/s1. The van der Waals surface area contributed by atoms with Crippen LogP contribution in [0.15, 0.2) is 54.6 Å². The number of carbonyl (C=O) groups excluding carboxylic acids is 2. The second-order valence-electron chi connectivity index (χ2n) is 8.88. The van der Waals surface area contributed by atoms with Gasteiger partial charge in [-0.3, -0.25) is 9.59 Å². The minimum atomic E-state index is -3.64. The minimum absolute atomic E-state index is 0.0200. The number of hydrogen-bond acceptors (Lipinski definition) is 5. The van der Waals surface area contributed by atoms with Crippen LogP contribution in [-0.4, -0.2) is 77.5 Å². The van der Waals surface area contributed by atoms with Gasteiger partial charge in [0.15, 0.2) is 0 Å². The molecule has 10 heteroatoms. The average molecular weight is 500 g/mol. The van der Waals surface area contributed by atoms with Crippen molar-refractivity contribution >= 4 is 38.6 Å². The van der Waals surface area contributed by atoms with Crippen molar-refractivity contribution in [3.8, 4) is 0 Å². The number of amides is 2. The van der Waals surface area contributed by atoms with E-state index in [0.717, 1.165) is 10.8 Å². The summed E-state index contributed by atoms with van der Waals surface area (Å²) in [7, 11) is -3.64. The highest BCUT2D eigenvalue weighted by atomic mass is 32.2. The van der Waals surface area contributed by atoms with Crippen LogP contribution in [0.4, 0.5) is 0 Å². The van der Waals surface area contributed by atoms with Crippen LogP contribution in [0, 0.1) is 0 Å². The summed E-state index contributed by atoms with van der Waals surface area (Å²) in [6, 6.07) is 9.82. The first-order valence-corrected chi connectivity index (χ1v) is 13.3. The maximum absolute atomic E-state index is 13.6. The van der Waals surface area contributed by atoms with E-state index in [4.69, 9.17) is 0 Å². The summed E-state index contributed by atoms with van der Waals surface area (Å²) in [6.07, 6.45) is 4.54. The Morgan fingerprint density at radius 3 is 2.51 bits per heavy atom. The highest BCUT2D eigenvalue weighted by Crippen LogP contribution is 2.26. The number of carboxylic acids is 1. The first-order chi connectivity index (χ1) is 16.7. The molecule has 0 saturated carbocycles. The third-order valence-electron chi connectivity index (χ3n) is 6.50. The van der Waals surface area contributed by atoms with Gasteiger partial charge in [0.2, 0.25) is 15.9 Å². The Hall–Kier alpha value is -3.24. The van der Waals surface area contributed by atoms with Gasteiger partial charge in [0, 0.05) is 24.7 Å². The molecule has 2 aromatic carbocycles. The second-order valence-corrected chi connectivity index (χ2v) is 11.0. The van der Waals surface area contributed by atoms with Gasteiger partial charge in [-0.05, 0) is 36.1 Å². The quantitative estimate of drug-likeness (QED) is 0.586. The smallest absolute Gasteiger partial charge is 0.327 e. The van der Waals surface area contributed by atoms with E-state index in [1.807, 2.05) is 36.4 Å². The SMILES string of the molecule is CCCS(=O)(=O)N1C[C@@H]2C/C=C\C[C@H](NC(=O)c3cccc4ccccc34)C(=O)N2[C@H](C(=O)O)C1. The molecule has 1 fully saturated rings. The lowest BCUT2D eigenvalue weighted by Gasteiger charge is -2.46. The minimum Gasteiger partial charge on any atom is -0.480 e. The van der Waals surface area contributed by atoms with Crippen molar-refractivity contribution in [1.82, 2.24) is 14.5 Å². The van der Waals surface area contributed by atoms with Crippen LogP contribution in [0.25, 0.3) is 10.8 Å². The van der Waals surface area contributed by atoms with Crippen LogP contribution in [0.1, 0.15) is 36.5 Å². The lowest BCUT2D eigenvalue weighted by Crippen LogP contribution is -2.66. The zero-order valence-corrected chi connectivity index (χ0v) is 20.3. The van der Waals surface area contributed by atoms with E-state index in [1.54, 1.807) is 25.1 Å². The zero-order chi connectivity index (χ0) is 25.2. The van der Waals surface area contributed by atoms with Crippen LogP contribution in [0.2, 0.25) is 0 Å². The number of piperazine rings is 1. The molecule has 2 aromatic rings. The third kappa shape index (κ3) is 5.08. The number of sulfonamides is 1. The Kier molecular flexibility index (Phi) is 7.23. The molecule has 186 valence electrons. The van der Waals surface area contributed by atoms with Crippen LogP contribution < -0.4 is 5.32 Å². The first kappa shape index (κ1) is 24.9. The van der Waals surface area contributed by atoms with E-state index in [2.05, 4.69) is 5.32 Å². The number of carboxylic acid groups (broad SMARTS) is 1. The van der Waals surface area contributed by atoms with E-state index in [-0.39, 0.29) is 25.3 Å². The number of rotatable bonds is 6. The van der Waals surface area contributed by atoms with Crippen LogP contribution in [0.3, 0.4) is 0 Å². The fourth-order valence-corrected chi connectivity index (χ4v) is 6.35. The third-order valence-corrected chi connectivity index (χ3v) is 8.51. The number of benzene rings is 2. The molecule has 0 bridgehead atoms. The average Bonchev–Trinajstić information content (AvgIpc) is 2.83. The summed E-state index contributed by atoms with van der Waals surface area (Å²) >= 11 is 0. The van der Waals surface area contributed by atoms with Gasteiger partial charge < -0.3 is 15.3 Å². The van der Waals surface area contributed by atoms with Crippen molar-refractivity contribution in [2.45, 2.75) is 44.3 Å². The summed E-state index contributed by atoms with van der Waals surface area (Å²) in [4.78, 5) is 40.2. The molecule has 35 heavy (non-hydrogen) atoms. The molecule has 2 aliphatic rings. The van der Waals surface area contributed by atoms with Gasteiger partial charge in [-0.1, -0.05) is 55.5 Å². The van der Waals surface area contributed by atoms with Crippen molar-refractivity contribution in [2.75, 3.05) is 18.8 Å². The van der Waals surface area contributed by atoms with Crippen molar-refractivity contribution in [3.05, 3.63) is 60.2 Å². The second kappa shape index (κ2) is 10.2. The van der Waals surface area contributed by atoms with Crippen LogP contribution >= 0.6 is 0 Å². The van der Waals surface area contributed by atoms with Gasteiger partial charge >= 0.3 is 5.97 Å². The maximum Gasteiger partial charge on any atom is 0.327 e. The Balaban J connectivity index is 1.62. The molecule has 2 N–H and O–H groups in total. The fourth-order valence-electron chi connectivity index (χ4n) is 4.81. The summed E-state index contributed by atoms with van der Waals surface area (Å²) in [5, 5.41) is 14.3. The van der Waals surface area contributed by atoms with Gasteiger partial charge in [-0.2, -0.15) is 4.31 Å². The fraction of sp³-hybridized carbons (Fsp3) is 0.400. The van der Waals surface area contributed by atoms with E-state index in [0.29, 0.717) is 18.4 Å². The molecular formula is C25H29N3O6S. The highest BCUT2D eigenvalue weighted by Gasteiger charge is 2.46. The van der Waals surface area contributed by atoms with Gasteiger partial charge in [-0.15, -0.1) is 0 Å². The van der Waals surface area contributed by atoms with Crippen molar-refractivity contribution in [1.29, 1.82) is 0 Å². The zero-order valence-electron chi connectivity index (χ0n) is 19.5. The van der Waals surface area contributed by atoms with Crippen molar-refractivity contribution in [2.24, 2.45) is 0 Å². The van der Waals surface area contributed by atoms with Crippen LogP contribution in [0.5, 0.6) is 0 Å². The van der Waals surface area contributed by atoms with Gasteiger partial charge in [0.1, 0.15) is 12.1 Å². The van der Waals surface area contributed by atoms with Crippen molar-refractivity contribution < 1.29 is 27.9 Å². The Labute approximate surface area is 204 Å². The monoisotopic (exact) mass is 499 g/mol. The molecule has 0 unspecified atom stereocenters. The number of aliphatic carboxylic acids is 1. The summed E-state index contributed by atoms with van der Waals surface area (Å²) in [5.41, 5.74) is 0.420. The molecule has 9 nitrogen and oxygen atoms in total. The molecule has 1 saturated heterocycles. The lowest BCUT2D eigenvalue weighted by molar-refractivity contribution is -0.156. The molecule has 0 aromatic heterocycles. The van der Waals surface area contributed by atoms with Crippen LogP contribution in [-0.2, 0) is 19.6 Å². The Morgan fingerprint density at radius 2 is 1.77 bits per heavy atom. The summed E-state index contributed by atoms with van der Waals surface area (Å²) in [6.45, 7) is 1.45. The summed E-state index contributed by atoms with van der Waals surface area (Å²) < 4.78 is 26.6. The van der Waals surface area contributed by atoms with Gasteiger partial charge in [0.05, 0.1) is 5.75 Å². The maximum atomic E-state index is 13.6. The van der Waals surface area contributed by atoms with Crippen molar-refractivity contribution in [3.63, 3.8) is 0 Å². The molecular weight excluding hydrogens is 470 g/mol. The molecule has 2 amide bonds. The lowest BCUT2D eigenvalue weighted by atomic mass is 9.98. The van der Waals surface area contributed by atoms with E-state index < -0.39 is 45.9 Å². The molecule has 0 spiro atoms. The number of carbonyl (C=O) groups is 3. The molecule has 2 aliphatic heterocycles. The largest absolute Gasteiger partial charge is 0.480 e. The number of fused-ring (bicyclic) bond motifs is 2. The van der Waals surface area contributed by atoms with E-state index in [1.165, 1.54) is 9.21 Å². The molecule has 2 heterocycles. The van der Waals surface area contributed by atoms with Gasteiger partial charge in [-0.25, -0.2) is 13.2 Å². The molecule has 0 aliphatic carbocycles. The topological polar surface area (TPSA) is 124 Å². The predicted molar refractivity (Wildman–Crippen MR) is 131 cm³/mol. The first-order valence-electron chi connectivity index (χ1n) is 11.7. The molecule has 4 rings (SSSR count). The van der Waals surface area contributed by atoms with Gasteiger partial charge in [0.25, 0.3) is 5.91 Å². The normalized spacial score (nSPS) is 24.3. The number of nitrogens with zero attached hydrogens (tertiary/aromatic N) is 2. The highest BCUT2D eigenvalue weighted by molar-refractivity contribution is 7.89. The predicted octanol–water partition coefficient (Wildman–Crippen LogP) is 1.99. The Bertz CT molecular complexity index is 1270.